The van der Waals surface area contributed by atoms with Crippen molar-refractivity contribution >= 4 is 0 Å². The molecule has 112 valence electrons. The Morgan fingerprint density at radius 1 is 1.05 bits per heavy atom. The van der Waals surface area contributed by atoms with Gasteiger partial charge in [-0.3, -0.25) is 0 Å². The van der Waals surface area contributed by atoms with Crippen LogP contribution in [0.2, 0.25) is 0 Å². The van der Waals surface area contributed by atoms with Crippen LogP contribution in [-0.2, 0) is 0 Å². The molecular formula is C19H31N. The fraction of sp³-hybridized carbons (Fsp3) is 0.684. The number of benzene rings is 1. The second kappa shape index (κ2) is 9.18. The number of rotatable bonds is 8. The second-order valence-corrected chi connectivity index (χ2v) is 6.37. The minimum atomic E-state index is 0.560. The van der Waals surface area contributed by atoms with E-state index in [0.29, 0.717) is 6.04 Å². The first-order valence-electron chi connectivity index (χ1n) is 8.68. The van der Waals surface area contributed by atoms with Gasteiger partial charge in [0.05, 0.1) is 0 Å². The zero-order valence-electron chi connectivity index (χ0n) is 13.1. The van der Waals surface area contributed by atoms with Crippen molar-refractivity contribution in [1.82, 2.24) is 5.32 Å². The molecule has 1 aliphatic carbocycles. The summed E-state index contributed by atoms with van der Waals surface area (Å²) in [4.78, 5) is 0. The molecule has 0 spiro atoms. The van der Waals surface area contributed by atoms with E-state index in [2.05, 4.69) is 42.6 Å². The minimum absolute atomic E-state index is 0.560. The van der Waals surface area contributed by atoms with E-state index in [1.165, 1.54) is 69.9 Å². The maximum Gasteiger partial charge on any atom is 0.0320 e. The molecule has 1 heteroatoms. The maximum atomic E-state index is 3.86. The summed E-state index contributed by atoms with van der Waals surface area (Å²) in [5.74, 6) is 0.918. The molecule has 2 rings (SSSR count). The standard InChI is InChI=1S/C19H31N/c1-2-3-6-15-19(18-13-9-5-10-14-18)20-16-17-11-7-4-8-12-17/h5,9-10,13-14,17,19-20H,2-4,6-8,11-12,15-16H2,1H3. The van der Waals surface area contributed by atoms with Gasteiger partial charge in [0.2, 0.25) is 0 Å². The Morgan fingerprint density at radius 3 is 2.50 bits per heavy atom. The second-order valence-electron chi connectivity index (χ2n) is 6.37. The zero-order chi connectivity index (χ0) is 14.0. The molecule has 1 nitrogen and oxygen atoms in total. The predicted octanol–water partition coefficient (Wildman–Crippen LogP) is 5.48. The average molecular weight is 273 g/mol. The van der Waals surface area contributed by atoms with Gasteiger partial charge in [0.25, 0.3) is 0 Å². The Bertz CT molecular complexity index is 340. The quantitative estimate of drug-likeness (QED) is 0.619. The third-order valence-electron chi connectivity index (χ3n) is 4.68. The number of unbranched alkanes of at least 4 members (excludes halogenated alkanes) is 2. The highest BCUT2D eigenvalue weighted by atomic mass is 14.9. The van der Waals surface area contributed by atoms with Crippen molar-refractivity contribution in [3.8, 4) is 0 Å². The lowest BCUT2D eigenvalue weighted by molar-refractivity contribution is 0.322. The van der Waals surface area contributed by atoms with Gasteiger partial charge in [-0.1, -0.05) is 75.8 Å². The first kappa shape index (κ1) is 15.6. The van der Waals surface area contributed by atoms with Crippen LogP contribution in [0.3, 0.4) is 0 Å². The molecule has 1 saturated carbocycles. The molecule has 1 fully saturated rings. The molecular weight excluding hydrogens is 242 g/mol. The molecule has 0 aliphatic heterocycles. The van der Waals surface area contributed by atoms with Crippen LogP contribution >= 0.6 is 0 Å². The summed E-state index contributed by atoms with van der Waals surface area (Å²) in [7, 11) is 0. The maximum absolute atomic E-state index is 3.86. The lowest BCUT2D eigenvalue weighted by Gasteiger charge is -2.26. The van der Waals surface area contributed by atoms with Crippen molar-refractivity contribution in [2.24, 2.45) is 5.92 Å². The Kier molecular flexibility index (Phi) is 7.14. The van der Waals surface area contributed by atoms with Gasteiger partial charge >= 0.3 is 0 Å². The average Bonchev–Trinajstić information content (AvgIpc) is 2.52. The van der Waals surface area contributed by atoms with Gasteiger partial charge in [-0.15, -0.1) is 0 Å². The highest BCUT2D eigenvalue weighted by molar-refractivity contribution is 5.18. The lowest BCUT2D eigenvalue weighted by atomic mass is 9.88. The first-order valence-corrected chi connectivity index (χ1v) is 8.68. The molecule has 20 heavy (non-hydrogen) atoms. The summed E-state index contributed by atoms with van der Waals surface area (Å²) in [6.07, 6.45) is 12.5. The van der Waals surface area contributed by atoms with Gasteiger partial charge in [0.15, 0.2) is 0 Å². The normalized spacial score (nSPS) is 18.1. The summed E-state index contributed by atoms with van der Waals surface area (Å²) in [6.45, 7) is 3.50. The number of nitrogens with one attached hydrogen (secondary N) is 1. The van der Waals surface area contributed by atoms with Crippen molar-refractivity contribution in [2.75, 3.05) is 6.54 Å². The van der Waals surface area contributed by atoms with Crippen LogP contribution in [0.15, 0.2) is 30.3 Å². The molecule has 0 aromatic heterocycles. The molecule has 1 unspecified atom stereocenters. The molecule has 1 atom stereocenters. The number of hydrogen-bond acceptors (Lipinski definition) is 1. The van der Waals surface area contributed by atoms with Gasteiger partial charge in [-0.05, 0) is 37.3 Å². The van der Waals surface area contributed by atoms with E-state index in [-0.39, 0.29) is 0 Å². The van der Waals surface area contributed by atoms with Crippen LogP contribution in [0.1, 0.15) is 76.3 Å². The fourth-order valence-electron chi connectivity index (χ4n) is 3.37. The van der Waals surface area contributed by atoms with Crippen molar-refractivity contribution in [3.63, 3.8) is 0 Å². The lowest BCUT2D eigenvalue weighted by Crippen LogP contribution is -2.28. The van der Waals surface area contributed by atoms with E-state index in [9.17, 15) is 0 Å². The van der Waals surface area contributed by atoms with Crippen molar-refractivity contribution in [3.05, 3.63) is 35.9 Å². The van der Waals surface area contributed by atoms with E-state index in [0.717, 1.165) is 5.92 Å². The summed E-state index contributed by atoms with van der Waals surface area (Å²) < 4.78 is 0. The van der Waals surface area contributed by atoms with Crippen LogP contribution in [-0.4, -0.2) is 6.54 Å². The molecule has 1 aliphatic rings. The fourth-order valence-corrected chi connectivity index (χ4v) is 3.37. The van der Waals surface area contributed by atoms with E-state index < -0.39 is 0 Å². The van der Waals surface area contributed by atoms with E-state index in [4.69, 9.17) is 0 Å². The zero-order valence-corrected chi connectivity index (χ0v) is 13.1. The number of hydrogen-bond donors (Lipinski definition) is 1. The third-order valence-corrected chi connectivity index (χ3v) is 4.68. The molecule has 0 heterocycles. The molecule has 1 aromatic carbocycles. The minimum Gasteiger partial charge on any atom is -0.310 e. The summed E-state index contributed by atoms with van der Waals surface area (Å²) in [5, 5.41) is 3.86. The first-order chi connectivity index (χ1) is 9.90. The van der Waals surface area contributed by atoms with Crippen LogP contribution in [0, 0.1) is 5.92 Å². The molecule has 0 bridgehead atoms. The van der Waals surface area contributed by atoms with Crippen LogP contribution in [0.25, 0.3) is 0 Å². The van der Waals surface area contributed by atoms with Crippen LogP contribution in [0.5, 0.6) is 0 Å². The molecule has 0 saturated heterocycles. The predicted molar refractivity (Wildman–Crippen MR) is 87.9 cm³/mol. The van der Waals surface area contributed by atoms with E-state index in [1.54, 1.807) is 0 Å². The van der Waals surface area contributed by atoms with Gasteiger partial charge in [0, 0.05) is 6.04 Å². The van der Waals surface area contributed by atoms with Crippen LogP contribution in [0.4, 0.5) is 0 Å². The topological polar surface area (TPSA) is 12.0 Å². The van der Waals surface area contributed by atoms with Crippen molar-refractivity contribution in [1.29, 1.82) is 0 Å². The Hall–Kier alpha value is -0.820. The Labute approximate surface area is 125 Å². The highest BCUT2D eigenvalue weighted by Crippen LogP contribution is 2.25. The smallest absolute Gasteiger partial charge is 0.0320 e. The van der Waals surface area contributed by atoms with Gasteiger partial charge in [0.1, 0.15) is 0 Å². The molecule has 0 amide bonds. The van der Waals surface area contributed by atoms with E-state index in [1.807, 2.05) is 0 Å². The summed E-state index contributed by atoms with van der Waals surface area (Å²) in [5.41, 5.74) is 1.47. The van der Waals surface area contributed by atoms with Gasteiger partial charge in [-0.25, -0.2) is 0 Å². The highest BCUT2D eigenvalue weighted by Gasteiger charge is 2.16. The third kappa shape index (κ3) is 5.28. The molecule has 1 aromatic rings. The Morgan fingerprint density at radius 2 is 1.80 bits per heavy atom. The van der Waals surface area contributed by atoms with Gasteiger partial charge < -0.3 is 5.32 Å². The monoisotopic (exact) mass is 273 g/mol. The Balaban J connectivity index is 1.84. The molecule has 0 radical (unpaired) electrons. The SMILES string of the molecule is CCCCCC(NCC1CCCCC1)c1ccccc1. The van der Waals surface area contributed by atoms with Gasteiger partial charge in [-0.2, -0.15) is 0 Å². The summed E-state index contributed by atoms with van der Waals surface area (Å²) in [6, 6.07) is 11.6. The summed E-state index contributed by atoms with van der Waals surface area (Å²) >= 11 is 0. The van der Waals surface area contributed by atoms with Crippen LogP contribution < -0.4 is 5.32 Å². The van der Waals surface area contributed by atoms with Crippen molar-refractivity contribution in [2.45, 2.75) is 70.8 Å². The van der Waals surface area contributed by atoms with Crippen molar-refractivity contribution < 1.29 is 0 Å². The molecule has 1 N–H and O–H groups in total. The van der Waals surface area contributed by atoms with E-state index >= 15 is 0 Å². The largest absolute Gasteiger partial charge is 0.310 e.